The van der Waals surface area contributed by atoms with Crippen LogP contribution in [0.5, 0.6) is 0 Å². The van der Waals surface area contributed by atoms with E-state index in [1.54, 1.807) is 0 Å². The summed E-state index contributed by atoms with van der Waals surface area (Å²) < 4.78 is 10.1. The average Bonchev–Trinajstić information content (AvgIpc) is 2.47. The van der Waals surface area contributed by atoms with Crippen molar-refractivity contribution in [3.05, 3.63) is 0 Å². The molecule has 7 heteroatoms. The number of rotatable bonds is 8. The first kappa shape index (κ1) is 18.3. The average molecular weight is 306 g/mol. The highest BCUT2D eigenvalue weighted by Gasteiger charge is 2.45. The van der Waals surface area contributed by atoms with E-state index in [-0.39, 0.29) is 6.42 Å². The second-order valence-corrected chi connectivity index (χ2v) is 5.35. The molecule has 0 saturated carbocycles. The van der Waals surface area contributed by atoms with Crippen molar-refractivity contribution in [3.8, 4) is 0 Å². The maximum Gasteiger partial charge on any atom is 0.308 e. The first-order valence-corrected chi connectivity index (χ1v) is 7.51. The van der Waals surface area contributed by atoms with E-state index in [9.17, 15) is 20.1 Å². The van der Waals surface area contributed by atoms with Crippen LogP contribution in [0.15, 0.2) is 0 Å². The smallest absolute Gasteiger partial charge is 0.308 e. The molecule has 1 aliphatic rings. The largest absolute Gasteiger partial charge is 0.433 e. The first-order valence-electron chi connectivity index (χ1n) is 7.51. The number of carbonyl (C=O) groups excluding carboxylic acids is 1. The van der Waals surface area contributed by atoms with E-state index in [1.807, 2.05) is 0 Å². The Bertz CT molecular complexity index is 308. The third-order valence-electron chi connectivity index (χ3n) is 3.58. The maximum atomic E-state index is 11.7. The van der Waals surface area contributed by atoms with Gasteiger partial charge in [0.05, 0.1) is 6.61 Å². The number of aliphatic hydroxyl groups is 4. The van der Waals surface area contributed by atoms with Gasteiger partial charge in [-0.2, -0.15) is 0 Å². The summed E-state index contributed by atoms with van der Waals surface area (Å²) in [5.74, 6) is -0.532. The molecule has 1 fully saturated rings. The van der Waals surface area contributed by atoms with Gasteiger partial charge in [0.2, 0.25) is 6.29 Å². The quantitative estimate of drug-likeness (QED) is 0.359. The van der Waals surface area contributed by atoms with Crippen LogP contribution in [0.3, 0.4) is 0 Å². The van der Waals surface area contributed by atoms with Crippen molar-refractivity contribution in [2.75, 3.05) is 6.61 Å². The first-order chi connectivity index (χ1) is 10.0. The molecule has 0 aromatic heterocycles. The second-order valence-electron chi connectivity index (χ2n) is 5.35. The normalized spacial score (nSPS) is 32.9. The summed E-state index contributed by atoms with van der Waals surface area (Å²) >= 11 is 0. The molecule has 1 rings (SSSR count). The molecular formula is C14H26O7. The lowest BCUT2D eigenvalue weighted by Gasteiger charge is -2.39. The number of unbranched alkanes of at least 4 members (excludes halogenated alkanes) is 4. The van der Waals surface area contributed by atoms with Gasteiger partial charge in [0.1, 0.15) is 24.4 Å². The highest BCUT2D eigenvalue weighted by Crippen LogP contribution is 2.22. The highest BCUT2D eigenvalue weighted by molar-refractivity contribution is 5.69. The Hall–Kier alpha value is -0.730. The van der Waals surface area contributed by atoms with E-state index >= 15 is 0 Å². The molecule has 124 valence electrons. The standard InChI is InChI=1S/C14H26O7/c1-2-3-4-5-6-7-10(16)21-14-13(19)12(18)11(17)9(8-15)20-14/h9,11-15,17-19H,2-8H2,1H3/t9-,11-,12+,13-,14+/m1/s1. The molecule has 0 radical (unpaired) electrons. The molecular weight excluding hydrogens is 280 g/mol. The van der Waals surface area contributed by atoms with Crippen LogP contribution in [-0.4, -0.2) is 63.7 Å². The fourth-order valence-electron chi connectivity index (χ4n) is 2.23. The van der Waals surface area contributed by atoms with Gasteiger partial charge in [-0.1, -0.05) is 32.6 Å². The summed E-state index contributed by atoms with van der Waals surface area (Å²) in [7, 11) is 0. The van der Waals surface area contributed by atoms with Crippen LogP contribution in [0, 0.1) is 0 Å². The van der Waals surface area contributed by atoms with Crippen LogP contribution in [0.2, 0.25) is 0 Å². The number of aliphatic hydroxyl groups excluding tert-OH is 4. The molecule has 5 atom stereocenters. The van der Waals surface area contributed by atoms with Gasteiger partial charge in [0.25, 0.3) is 0 Å². The molecule has 0 unspecified atom stereocenters. The Morgan fingerprint density at radius 1 is 1.05 bits per heavy atom. The summed E-state index contributed by atoms with van der Waals surface area (Å²) in [6.45, 7) is 1.56. The van der Waals surface area contributed by atoms with Crippen LogP contribution in [-0.2, 0) is 14.3 Å². The number of ether oxygens (including phenoxy) is 2. The molecule has 4 N–H and O–H groups in total. The Kier molecular flexibility index (Phi) is 8.13. The third-order valence-corrected chi connectivity index (χ3v) is 3.58. The Balaban J connectivity index is 2.36. The van der Waals surface area contributed by atoms with Crippen LogP contribution in [0.4, 0.5) is 0 Å². The SMILES string of the molecule is CCCCCCCC(=O)O[C@@H]1O[C@H](CO)[C@@H](O)[C@H](O)[C@H]1O. The zero-order valence-electron chi connectivity index (χ0n) is 12.4. The Morgan fingerprint density at radius 2 is 1.71 bits per heavy atom. The van der Waals surface area contributed by atoms with Crippen LogP contribution in [0.1, 0.15) is 45.4 Å². The van der Waals surface area contributed by atoms with Gasteiger partial charge in [-0.15, -0.1) is 0 Å². The van der Waals surface area contributed by atoms with E-state index in [1.165, 1.54) is 0 Å². The Morgan fingerprint density at radius 3 is 2.33 bits per heavy atom. The second kappa shape index (κ2) is 9.32. The van der Waals surface area contributed by atoms with Gasteiger partial charge in [-0.3, -0.25) is 4.79 Å². The number of hydrogen-bond donors (Lipinski definition) is 4. The molecule has 0 aromatic rings. The van der Waals surface area contributed by atoms with Crippen molar-refractivity contribution in [3.63, 3.8) is 0 Å². The fraction of sp³-hybridized carbons (Fsp3) is 0.929. The maximum absolute atomic E-state index is 11.7. The van der Waals surface area contributed by atoms with Gasteiger partial charge in [0, 0.05) is 6.42 Å². The van der Waals surface area contributed by atoms with Gasteiger partial charge >= 0.3 is 5.97 Å². The third kappa shape index (κ3) is 5.52. The summed E-state index contributed by atoms with van der Waals surface area (Å²) in [5.41, 5.74) is 0. The fourth-order valence-corrected chi connectivity index (χ4v) is 2.23. The lowest BCUT2D eigenvalue weighted by Crippen LogP contribution is -2.59. The zero-order valence-corrected chi connectivity index (χ0v) is 12.4. The number of esters is 1. The molecule has 21 heavy (non-hydrogen) atoms. The summed E-state index contributed by atoms with van der Waals surface area (Å²) in [6.07, 6.45) is -1.82. The van der Waals surface area contributed by atoms with Crippen molar-refractivity contribution >= 4 is 5.97 Å². The van der Waals surface area contributed by atoms with Crippen molar-refractivity contribution < 1.29 is 34.7 Å². The Labute approximate surface area is 124 Å². The van der Waals surface area contributed by atoms with Gasteiger partial charge in [-0.25, -0.2) is 0 Å². The minimum atomic E-state index is -1.54. The molecule has 0 bridgehead atoms. The zero-order chi connectivity index (χ0) is 15.8. The minimum absolute atomic E-state index is 0.207. The van der Waals surface area contributed by atoms with E-state index in [0.717, 1.165) is 25.7 Å². The van der Waals surface area contributed by atoms with Gasteiger partial charge < -0.3 is 29.9 Å². The van der Waals surface area contributed by atoms with Crippen molar-refractivity contribution in [2.24, 2.45) is 0 Å². The monoisotopic (exact) mass is 306 g/mol. The predicted octanol–water partition coefficient (Wildman–Crippen LogP) is -0.310. The lowest BCUT2D eigenvalue weighted by molar-refractivity contribution is -0.292. The molecule has 0 spiro atoms. The van der Waals surface area contributed by atoms with E-state index in [0.29, 0.717) is 6.42 Å². The lowest BCUT2D eigenvalue weighted by atomic mass is 9.99. The van der Waals surface area contributed by atoms with Gasteiger partial charge in [-0.05, 0) is 6.42 Å². The minimum Gasteiger partial charge on any atom is -0.433 e. The highest BCUT2D eigenvalue weighted by atomic mass is 16.7. The summed E-state index contributed by atoms with van der Waals surface area (Å²) in [4.78, 5) is 11.7. The van der Waals surface area contributed by atoms with Crippen LogP contribution >= 0.6 is 0 Å². The molecule has 0 aliphatic carbocycles. The predicted molar refractivity (Wildman–Crippen MR) is 73.2 cm³/mol. The molecule has 0 amide bonds. The van der Waals surface area contributed by atoms with Crippen molar-refractivity contribution in [1.29, 1.82) is 0 Å². The topological polar surface area (TPSA) is 116 Å². The number of carbonyl (C=O) groups is 1. The van der Waals surface area contributed by atoms with Crippen LogP contribution in [0.25, 0.3) is 0 Å². The van der Waals surface area contributed by atoms with E-state index in [4.69, 9.17) is 14.6 Å². The molecule has 1 saturated heterocycles. The molecule has 1 aliphatic heterocycles. The van der Waals surface area contributed by atoms with Gasteiger partial charge in [0.15, 0.2) is 0 Å². The summed E-state index contributed by atoms with van der Waals surface area (Å²) in [6, 6.07) is 0. The van der Waals surface area contributed by atoms with Crippen molar-refractivity contribution in [1.82, 2.24) is 0 Å². The summed E-state index contributed by atoms with van der Waals surface area (Å²) in [5, 5.41) is 37.9. The van der Waals surface area contributed by atoms with Crippen molar-refractivity contribution in [2.45, 2.75) is 76.2 Å². The van der Waals surface area contributed by atoms with E-state index < -0.39 is 43.3 Å². The molecule has 0 aromatic carbocycles. The van der Waals surface area contributed by atoms with Crippen LogP contribution < -0.4 is 0 Å². The van der Waals surface area contributed by atoms with E-state index in [2.05, 4.69) is 6.92 Å². The molecule has 7 nitrogen and oxygen atoms in total. The number of hydrogen-bond acceptors (Lipinski definition) is 7. The molecule has 1 heterocycles.